The minimum atomic E-state index is -4.31. The zero-order valence-electron chi connectivity index (χ0n) is 20.8. The summed E-state index contributed by atoms with van der Waals surface area (Å²) < 4.78 is 60.2. The van der Waals surface area contributed by atoms with Gasteiger partial charge >= 0.3 is 12.1 Å². The molecule has 2 atom stereocenters. The number of nitrogens with zero attached hydrogens (tertiary/aromatic N) is 2. The van der Waals surface area contributed by atoms with E-state index < -0.39 is 41.6 Å². The number of rotatable bonds is 4. The van der Waals surface area contributed by atoms with Crippen LogP contribution in [-0.2, 0) is 34.7 Å². The Morgan fingerprint density at radius 1 is 1.24 bits per heavy atom. The van der Waals surface area contributed by atoms with Gasteiger partial charge in [0.15, 0.2) is 5.60 Å². The van der Waals surface area contributed by atoms with Crippen LogP contribution in [-0.4, -0.2) is 33.3 Å². The number of benzene rings is 1. The second kappa shape index (κ2) is 8.34. The molecule has 3 aliphatic rings. The standard InChI is InChI=1S/C27H25F4N3O4/c1-3-26(37)16-8-20-23-14(10-34(20)24(35)15(16)11-38-25(26)36)22-18(32-7-6-27(29,30)31)5-4-13-12(2)17(28)9-19(33-23)21(13)22/h8-9,18,32,37H,3-7,10-11H2,1-2H3/t18-,26-/m0/s1. The number of ether oxygens (including phenoxy) is 1. The summed E-state index contributed by atoms with van der Waals surface area (Å²) in [6.45, 7) is 2.83. The number of carbonyl (C=O) groups is 1. The molecule has 1 aliphatic carbocycles. The minimum Gasteiger partial charge on any atom is -0.458 e. The van der Waals surface area contributed by atoms with Crippen molar-refractivity contribution in [2.75, 3.05) is 6.54 Å². The number of hydrogen-bond donors (Lipinski definition) is 2. The molecule has 0 bridgehead atoms. The molecule has 6 rings (SSSR count). The first-order valence-corrected chi connectivity index (χ1v) is 12.6. The normalized spacial score (nSPS) is 21.8. The van der Waals surface area contributed by atoms with Crippen molar-refractivity contribution in [1.29, 1.82) is 0 Å². The molecule has 7 nitrogen and oxygen atoms in total. The summed E-state index contributed by atoms with van der Waals surface area (Å²) in [6.07, 6.45) is -4.38. The maximum Gasteiger partial charge on any atom is 0.390 e. The summed E-state index contributed by atoms with van der Waals surface area (Å²) in [7, 11) is 0. The van der Waals surface area contributed by atoms with Crippen LogP contribution in [0.5, 0.6) is 0 Å². The first-order valence-electron chi connectivity index (χ1n) is 12.6. The summed E-state index contributed by atoms with van der Waals surface area (Å²) in [5.41, 5.74) is 1.63. The Hall–Kier alpha value is -3.31. The van der Waals surface area contributed by atoms with Gasteiger partial charge < -0.3 is 19.7 Å². The summed E-state index contributed by atoms with van der Waals surface area (Å²) >= 11 is 0. The molecule has 2 N–H and O–H groups in total. The van der Waals surface area contributed by atoms with E-state index in [2.05, 4.69) is 5.32 Å². The molecule has 0 unspecified atom stereocenters. The molecule has 11 heteroatoms. The van der Waals surface area contributed by atoms with Gasteiger partial charge in [0, 0.05) is 35.2 Å². The molecule has 2 aromatic heterocycles. The molecule has 0 radical (unpaired) electrons. The summed E-state index contributed by atoms with van der Waals surface area (Å²) in [6, 6.07) is 2.43. The Morgan fingerprint density at radius 3 is 2.71 bits per heavy atom. The molecular weight excluding hydrogens is 506 g/mol. The fraction of sp³-hybridized carbons (Fsp3) is 0.444. The number of aromatic nitrogens is 2. The van der Waals surface area contributed by atoms with Crippen LogP contribution in [0.4, 0.5) is 17.6 Å². The van der Waals surface area contributed by atoms with E-state index in [1.807, 2.05) is 0 Å². The molecule has 2 aliphatic heterocycles. The second-order valence-corrected chi connectivity index (χ2v) is 10.2. The van der Waals surface area contributed by atoms with Crippen molar-refractivity contribution in [2.45, 2.75) is 70.5 Å². The van der Waals surface area contributed by atoms with Crippen molar-refractivity contribution in [2.24, 2.45) is 0 Å². The first-order chi connectivity index (χ1) is 17.9. The van der Waals surface area contributed by atoms with Crippen LogP contribution in [0.15, 0.2) is 16.9 Å². The van der Waals surface area contributed by atoms with Crippen molar-refractivity contribution >= 4 is 16.9 Å². The lowest BCUT2D eigenvalue weighted by atomic mass is 9.81. The van der Waals surface area contributed by atoms with Gasteiger partial charge in [-0.15, -0.1) is 0 Å². The molecule has 3 aromatic rings. The Kier molecular flexibility index (Phi) is 5.49. The smallest absolute Gasteiger partial charge is 0.390 e. The van der Waals surface area contributed by atoms with E-state index in [0.717, 1.165) is 11.1 Å². The van der Waals surface area contributed by atoms with Crippen molar-refractivity contribution in [3.05, 3.63) is 61.7 Å². The molecule has 200 valence electrons. The summed E-state index contributed by atoms with van der Waals surface area (Å²) in [5, 5.41) is 14.8. The molecule has 0 saturated heterocycles. The number of aliphatic hydroxyl groups is 1. The third-order valence-corrected chi connectivity index (χ3v) is 8.18. The Labute approximate surface area is 214 Å². The number of alkyl halides is 3. The third-order valence-electron chi connectivity index (χ3n) is 8.18. The van der Waals surface area contributed by atoms with E-state index in [1.54, 1.807) is 19.9 Å². The number of aryl methyl sites for hydroxylation is 1. The number of pyridine rings is 2. The quantitative estimate of drug-likeness (QED) is 0.305. The van der Waals surface area contributed by atoms with E-state index in [4.69, 9.17) is 9.72 Å². The van der Waals surface area contributed by atoms with E-state index in [-0.39, 0.29) is 37.2 Å². The van der Waals surface area contributed by atoms with Gasteiger partial charge in [-0.2, -0.15) is 13.2 Å². The zero-order valence-corrected chi connectivity index (χ0v) is 20.8. The van der Waals surface area contributed by atoms with Crippen LogP contribution >= 0.6 is 0 Å². The van der Waals surface area contributed by atoms with E-state index in [0.29, 0.717) is 46.3 Å². The van der Waals surface area contributed by atoms with Crippen LogP contribution in [0, 0.1) is 12.7 Å². The molecule has 1 aromatic carbocycles. The summed E-state index contributed by atoms with van der Waals surface area (Å²) in [4.78, 5) is 30.7. The Bertz CT molecular complexity index is 1600. The SMILES string of the molecule is CC[C@@]1(O)C(=O)OCc2c1cc1n(c2=O)Cc2c-1nc1cc(F)c(C)c3c1c2[C@@H](NCCC(F)(F)F)CC3. The highest BCUT2D eigenvalue weighted by Gasteiger charge is 2.46. The van der Waals surface area contributed by atoms with Crippen molar-refractivity contribution in [1.82, 2.24) is 14.9 Å². The van der Waals surface area contributed by atoms with Crippen LogP contribution < -0.4 is 10.9 Å². The van der Waals surface area contributed by atoms with Crippen LogP contribution in [0.3, 0.4) is 0 Å². The third kappa shape index (κ3) is 3.51. The van der Waals surface area contributed by atoms with Crippen LogP contribution in [0.1, 0.15) is 65.6 Å². The van der Waals surface area contributed by atoms with Gasteiger partial charge in [-0.1, -0.05) is 6.92 Å². The number of carbonyl (C=O) groups excluding carboxylic acids is 1. The zero-order chi connectivity index (χ0) is 27.1. The second-order valence-electron chi connectivity index (χ2n) is 10.2. The van der Waals surface area contributed by atoms with Gasteiger partial charge in [0.25, 0.3) is 5.56 Å². The van der Waals surface area contributed by atoms with Crippen LogP contribution in [0.2, 0.25) is 0 Å². The number of fused-ring (bicyclic) bond motifs is 5. The van der Waals surface area contributed by atoms with E-state index >= 15 is 0 Å². The predicted octanol–water partition coefficient (Wildman–Crippen LogP) is 4.06. The molecule has 38 heavy (non-hydrogen) atoms. The van der Waals surface area contributed by atoms with Crippen molar-refractivity contribution < 1.29 is 32.2 Å². The number of cyclic esters (lactones) is 1. The van der Waals surface area contributed by atoms with Gasteiger partial charge in [0.05, 0.1) is 35.4 Å². The van der Waals surface area contributed by atoms with Crippen molar-refractivity contribution in [3.8, 4) is 11.4 Å². The van der Waals surface area contributed by atoms with Crippen LogP contribution in [0.25, 0.3) is 22.3 Å². The van der Waals surface area contributed by atoms with Gasteiger partial charge in [-0.25, -0.2) is 14.2 Å². The number of esters is 1. The average Bonchev–Trinajstić information content (AvgIpc) is 3.23. The fourth-order valence-corrected chi connectivity index (χ4v) is 6.15. The van der Waals surface area contributed by atoms with Gasteiger partial charge in [-0.3, -0.25) is 4.79 Å². The van der Waals surface area contributed by atoms with E-state index in [1.165, 1.54) is 10.6 Å². The van der Waals surface area contributed by atoms with Gasteiger partial charge in [-0.05, 0) is 48.9 Å². The minimum absolute atomic E-state index is 0.00989. The highest BCUT2D eigenvalue weighted by molar-refractivity contribution is 5.93. The fourth-order valence-electron chi connectivity index (χ4n) is 6.15. The summed E-state index contributed by atoms with van der Waals surface area (Å²) in [5.74, 6) is -1.27. The molecular formula is C27H25F4N3O4. The lowest BCUT2D eigenvalue weighted by Crippen LogP contribution is -2.44. The number of hydrogen-bond acceptors (Lipinski definition) is 6. The van der Waals surface area contributed by atoms with Crippen molar-refractivity contribution in [3.63, 3.8) is 0 Å². The van der Waals surface area contributed by atoms with Gasteiger partial charge in [0.1, 0.15) is 12.4 Å². The van der Waals surface area contributed by atoms with Gasteiger partial charge in [0.2, 0.25) is 0 Å². The maximum atomic E-state index is 14.9. The molecule has 4 heterocycles. The lowest BCUT2D eigenvalue weighted by Gasteiger charge is -2.31. The molecule has 0 amide bonds. The first kappa shape index (κ1) is 25.0. The monoisotopic (exact) mass is 531 g/mol. The molecule has 0 spiro atoms. The Balaban J connectivity index is 1.58. The predicted molar refractivity (Wildman–Crippen MR) is 129 cm³/mol. The average molecular weight is 532 g/mol. The number of nitrogens with one attached hydrogen (secondary N) is 1. The highest BCUT2D eigenvalue weighted by atomic mass is 19.4. The molecule has 0 fully saturated rings. The van der Waals surface area contributed by atoms with E-state index in [9.17, 15) is 32.3 Å². The maximum absolute atomic E-state index is 14.9. The molecule has 0 saturated carbocycles. The largest absolute Gasteiger partial charge is 0.458 e. The number of halogens is 4. The highest BCUT2D eigenvalue weighted by Crippen LogP contribution is 2.46. The Morgan fingerprint density at radius 2 is 2.00 bits per heavy atom. The topological polar surface area (TPSA) is 93.5 Å². The lowest BCUT2D eigenvalue weighted by molar-refractivity contribution is -0.172.